The molecular weight excluding hydrogens is 236 g/mol. The number of nitrogens with zero attached hydrogens (tertiary/aromatic N) is 1. The fraction of sp³-hybridized carbons (Fsp3) is 0.538. The Labute approximate surface area is 107 Å². The molecule has 0 unspecified atom stereocenters. The fourth-order valence-electron chi connectivity index (χ4n) is 2.07. The van der Waals surface area contributed by atoms with Crippen LogP contribution in [0.3, 0.4) is 0 Å². The third kappa shape index (κ3) is 3.51. The van der Waals surface area contributed by atoms with Gasteiger partial charge in [0, 0.05) is 11.8 Å². The molecule has 1 aliphatic heterocycles. The molecule has 1 aliphatic rings. The molecule has 2 rings (SSSR count). The number of hydrogen-bond donors (Lipinski definition) is 1. The summed E-state index contributed by atoms with van der Waals surface area (Å²) in [6.45, 7) is 3.04. The van der Waals surface area contributed by atoms with Crippen LogP contribution >= 0.6 is 11.6 Å². The van der Waals surface area contributed by atoms with Crippen LogP contribution in [0.5, 0.6) is 5.75 Å². The summed E-state index contributed by atoms with van der Waals surface area (Å²) in [7, 11) is 2.16. The minimum absolute atomic E-state index is 0.628. The molecular formula is C13H19ClN2O. The van der Waals surface area contributed by atoms with Crippen molar-refractivity contribution in [3.63, 3.8) is 0 Å². The average Bonchev–Trinajstić information content (AvgIpc) is 2.32. The lowest BCUT2D eigenvalue weighted by atomic mass is 9.98. The van der Waals surface area contributed by atoms with Crippen molar-refractivity contribution in [1.82, 2.24) is 4.90 Å². The van der Waals surface area contributed by atoms with Crippen molar-refractivity contribution in [2.75, 3.05) is 32.5 Å². The van der Waals surface area contributed by atoms with Gasteiger partial charge >= 0.3 is 0 Å². The maximum atomic E-state index is 6.05. The minimum atomic E-state index is 0.628. The Kier molecular flexibility index (Phi) is 4.13. The number of likely N-dealkylation sites (tertiary alicyclic amines) is 1. The molecule has 1 aromatic carbocycles. The van der Waals surface area contributed by atoms with Crippen molar-refractivity contribution < 1.29 is 4.74 Å². The SMILES string of the molecule is CN1CCC(COc2cc(N)ccc2Cl)CC1. The molecule has 0 aliphatic carbocycles. The third-order valence-electron chi connectivity index (χ3n) is 3.27. The molecule has 0 saturated carbocycles. The summed E-state index contributed by atoms with van der Waals surface area (Å²) in [5.41, 5.74) is 6.40. The molecule has 0 bridgehead atoms. The van der Waals surface area contributed by atoms with Crippen molar-refractivity contribution >= 4 is 17.3 Å². The first kappa shape index (κ1) is 12.5. The van der Waals surface area contributed by atoms with Crippen LogP contribution in [-0.4, -0.2) is 31.6 Å². The Balaban J connectivity index is 1.87. The van der Waals surface area contributed by atoms with E-state index >= 15 is 0 Å². The Morgan fingerprint density at radius 2 is 2.12 bits per heavy atom. The molecule has 1 aromatic rings. The van der Waals surface area contributed by atoms with Crippen LogP contribution in [-0.2, 0) is 0 Å². The van der Waals surface area contributed by atoms with Crippen LogP contribution in [0.2, 0.25) is 5.02 Å². The van der Waals surface area contributed by atoms with Gasteiger partial charge in [-0.15, -0.1) is 0 Å². The predicted octanol–water partition coefficient (Wildman–Crippen LogP) is 2.64. The zero-order valence-corrected chi connectivity index (χ0v) is 10.9. The summed E-state index contributed by atoms with van der Waals surface area (Å²) in [6.07, 6.45) is 2.38. The van der Waals surface area contributed by atoms with Crippen LogP contribution in [0.4, 0.5) is 5.69 Å². The monoisotopic (exact) mass is 254 g/mol. The van der Waals surface area contributed by atoms with Crippen LogP contribution in [0, 0.1) is 5.92 Å². The summed E-state index contributed by atoms with van der Waals surface area (Å²) in [5.74, 6) is 1.33. The van der Waals surface area contributed by atoms with Crippen molar-refractivity contribution in [2.45, 2.75) is 12.8 Å². The van der Waals surface area contributed by atoms with Crippen molar-refractivity contribution in [2.24, 2.45) is 5.92 Å². The summed E-state index contributed by atoms with van der Waals surface area (Å²) in [4.78, 5) is 2.35. The Bertz CT molecular complexity index is 376. The van der Waals surface area contributed by atoms with E-state index in [2.05, 4.69) is 11.9 Å². The number of ether oxygens (including phenoxy) is 1. The molecule has 0 aromatic heterocycles. The first-order chi connectivity index (χ1) is 8.15. The van der Waals surface area contributed by atoms with Gasteiger partial charge in [-0.2, -0.15) is 0 Å². The van der Waals surface area contributed by atoms with Gasteiger partial charge in [-0.1, -0.05) is 11.6 Å². The molecule has 17 heavy (non-hydrogen) atoms. The predicted molar refractivity (Wildman–Crippen MR) is 71.6 cm³/mol. The molecule has 4 heteroatoms. The topological polar surface area (TPSA) is 38.5 Å². The normalized spacial score (nSPS) is 18.2. The van der Waals surface area contributed by atoms with E-state index in [0.29, 0.717) is 22.4 Å². The highest BCUT2D eigenvalue weighted by Gasteiger charge is 2.17. The number of halogens is 1. The van der Waals surface area contributed by atoms with Crippen LogP contribution in [0.25, 0.3) is 0 Å². The molecule has 1 heterocycles. The molecule has 0 atom stereocenters. The molecule has 0 amide bonds. The number of anilines is 1. The molecule has 94 valence electrons. The van der Waals surface area contributed by atoms with Crippen molar-refractivity contribution in [3.8, 4) is 5.75 Å². The van der Waals surface area contributed by atoms with Gasteiger partial charge in [0.2, 0.25) is 0 Å². The number of hydrogen-bond acceptors (Lipinski definition) is 3. The van der Waals surface area contributed by atoms with Crippen LogP contribution in [0.15, 0.2) is 18.2 Å². The highest BCUT2D eigenvalue weighted by Crippen LogP contribution is 2.27. The number of rotatable bonds is 3. The maximum Gasteiger partial charge on any atom is 0.139 e. The number of piperidine rings is 1. The van der Waals surface area contributed by atoms with Gasteiger partial charge in [0.25, 0.3) is 0 Å². The van der Waals surface area contributed by atoms with E-state index in [1.807, 2.05) is 0 Å². The smallest absolute Gasteiger partial charge is 0.139 e. The Morgan fingerprint density at radius 1 is 1.41 bits per heavy atom. The lowest BCUT2D eigenvalue weighted by Gasteiger charge is -2.28. The van der Waals surface area contributed by atoms with E-state index in [9.17, 15) is 0 Å². The van der Waals surface area contributed by atoms with E-state index in [-0.39, 0.29) is 0 Å². The second-order valence-electron chi connectivity index (χ2n) is 4.75. The molecule has 1 saturated heterocycles. The molecule has 3 nitrogen and oxygen atoms in total. The van der Waals surface area contributed by atoms with Gasteiger partial charge in [-0.25, -0.2) is 0 Å². The number of nitrogen functional groups attached to an aromatic ring is 1. The standard InChI is InChI=1S/C13H19ClN2O/c1-16-6-4-10(5-7-16)9-17-13-8-11(15)2-3-12(13)14/h2-3,8,10H,4-7,9,15H2,1H3. The zero-order chi connectivity index (χ0) is 12.3. The van der Waals surface area contributed by atoms with Gasteiger partial charge < -0.3 is 15.4 Å². The average molecular weight is 255 g/mol. The van der Waals surface area contributed by atoms with Crippen molar-refractivity contribution in [3.05, 3.63) is 23.2 Å². The van der Waals surface area contributed by atoms with Crippen molar-refractivity contribution in [1.29, 1.82) is 0 Å². The summed E-state index contributed by atoms with van der Waals surface area (Å²) in [5, 5.41) is 0.632. The largest absolute Gasteiger partial charge is 0.492 e. The highest BCUT2D eigenvalue weighted by atomic mass is 35.5. The van der Waals surface area contributed by atoms with E-state index in [1.54, 1.807) is 18.2 Å². The first-order valence-electron chi connectivity index (χ1n) is 6.01. The molecule has 1 fully saturated rings. The van der Waals surface area contributed by atoms with E-state index in [0.717, 1.165) is 19.7 Å². The summed E-state index contributed by atoms with van der Waals surface area (Å²) in [6, 6.07) is 5.35. The molecule has 0 spiro atoms. The van der Waals surface area contributed by atoms with Gasteiger partial charge in [0.05, 0.1) is 11.6 Å². The maximum absolute atomic E-state index is 6.05. The van der Waals surface area contributed by atoms with Gasteiger partial charge in [-0.3, -0.25) is 0 Å². The second-order valence-corrected chi connectivity index (χ2v) is 5.15. The van der Waals surface area contributed by atoms with E-state index in [1.165, 1.54) is 12.8 Å². The lowest BCUT2D eigenvalue weighted by Crippen LogP contribution is -2.32. The van der Waals surface area contributed by atoms with Gasteiger partial charge in [0.1, 0.15) is 5.75 Å². The third-order valence-corrected chi connectivity index (χ3v) is 3.58. The highest BCUT2D eigenvalue weighted by molar-refractivity contribution is 6.32. The number of benzene rings is 1. The molecule has 2 N–H and O–H groups in total. The van der Waals surface area contributed by atoms with Crippen LogP contribution < -0.4 is 10.5 Å². The first-order valence-corrected chi connectivity index (χ1v) is 6.39. The fourth-order valence-corrected chi connectivity index (χ4v) is 2.24. The van der Waals surface area contributed by atoms with E-state index in [4.69, 9.17) is 22.1 Å². The van der Waals surface area contributed by atoms with Gasteiger partial charge in [0.15, 0.2) is 0 Å². The second kappa shape index (κ2) is 5.61. The summed E-state index contributed by atoms with van der Waals surface area (Å²) >= 11 is 6.05. The van der Waals surface area contributed by atoms with E-state index < -0.39 is 0 Å². The quantitative estimate of drug-likeness (QED) is 0.843. The van der Waals surface area contributed by atoms with Crippen LogP contribution in [0.1, 0.15) is 12.8 Å². The summed E-state index contributed by atoms with van der Waals surface area (Å²) < 4.78 is 5.76. The van der Waals surface area contributed by atoms with Gasteiger partial charge in [-0.05, 0) is 51.0 Å². The Morgan fingerprint density at radius 3 is 2.82 bits per heavy atom. The molecule has 0 radical (unpaired) electrons. The zero-order valence-electron chi connectivity index (χ0n) is 10.2. The number of nitrogens with two attached hydrogens (primary N) is 1. The lowest BCUT2D eigenvalue weighted by molar-refractivity contribution is 0.160. The Hall–Kier alpha value is -0.930. The minimum Gasteiger partial charge on any atom is -0.492 e.